The minimum absolute atomic E-state index is 0.376. The summed E-state index contributed by atoms with van der Waals surface area (Å²) in [6.07, 6.45) is 3.78. The Morgan fingerprint density at radius 3 is 1.60 bits per heavy atom. The number of nitrogens with zero attached hydrogens (tertiary/aromatic N) is 2. The third-order valence-electron chi connectivity index (χ3n) is 7.64. The summed E-state index contributed by atoms with van der Waals surface area (Å²) in [5, 5.41) is 46.1. The number of benzene rings is 5. The lowest BCUT2D eigenvalue weighted by Crippen LogP contribution is -2.01. The van der Waals surface area contributed by atoms with Gasteiger partial charge in [-0.3, -0.25) is 9.97 Å². The van der Waals surface area contributed by atoms with E-state index < -0.39 is 12.6 Å². The van der Waals surface area contributed by atoms with Crippen molar-refractivity contribution in [2.75, 3.05) is 0 Å². The fourth-order valence-corrected chi connectivity index (χ4v) is 5.81. The van der Waals surface area contributed by atoms with Crippen molar-refractivity contribution in [1.29, 1.82) is 0 Å². The van der Waals surface area contributed by atoms with E-state index in [0.29, 0.717) is 21.9 Å². The highest BCUT2D eigenvalue weighted by Gasteiger charge is 2.21. The van der Waals surface area contributed by atoms with E-state index in [1.165, 1.54) is 0 Å². The number of aromatic nitrogens is 2. The lowest BCUT2D eigenvalue weighted by atomic mass is 9.85. The fraction of sp³-hybridized carbons (Fsp3) is 0.0588. The highest BCUT2D eigenvalue weighted by Crippen LogP contribution is 2.44. The molecule has 0 unspecified atom stereocenters. The Kier molecular flexibility index (Phi) is 5.77. The molecule has 0 radical (unpaired) electrons. The van der Waals surface area contributed by atoms with Crippen molar-refractivity contribution >= 4 is 32.3 Å². The first-order valence-corrected chi connectivity index (χ1v) is 12.9. The van der Waals surface area contributed by atoms with Crippen LogP contribution in [0.1, 0.15) is 23.7 Å². The van der Waals surface area contributed by atoms with Gasteiger partial charge in [0.2, 0.25) is 0 Å². The van der Waals surface area contributed by atoms with Crippen LogP contribution >= 0.6 is 0 Å². The summed E-state index contributed by atoms with van der Waals surface area (Å²) in [6, 6.07) is 27.2. The quantitative estimate of drug-likeness (QED) is 0.155. The second-order valence-electron chi connectivity index (χ2n) is 9.94. The van der Waals surface area contributed by atoms with E-state index in [2.05, 4.69) is 28.2 Å². The zero-order valence-corrected chi connectivity index (χ0v) is 21.2. The van der Waals surface area contributed by atoms with Gasteiger partial charge in [0.1, 0.15) is 0 Å². The first-order valence-electron chi connectivity index (χ1n) is 12.9. The number of pyridine rings is 2. The molecule has 0 fully saturated rings. The molecular weight excluding hydrogens is 500 g/mol. The first-order chi connectivity index (χ1) is 19.5. The molecule has 0 saturated heterocycles. The second-order valence-corrected chi connectivity index (χ2v) is 9.94. The van der Waals surface area contributed by atoms with E-state index in [-0.39, 0.29) is 0 Å². The maximum Gasteiger partial charge on any atom is 0.179 e. The van der Waals surface area contributed by atoms with Crippen molar-refractivity contribution in [2.24, 2.45) is 0 Å². The standard InChI is InChI=1S/C34H24N2O4/c37-33(38)28-8-6-19-5-7-26-29(16-30(34(39)40)27-10-9-25(28)31(19)32(26)27)24-14-22(20-3-1-11-35-17-20)13-23(15-24)21-4-2-12-36-18-21/h1-18,33-34,37-40H. The molecule has 7 aromatic rings. The van der Waals surface area contributed by atoms with Crippen molar-refractivity contribution in [3.05, 3.63) is 121 Å². The van der Waals surface area contributed by atoms with Crippen LogP contribution in [0.3, 0.4) is 0 Å². The van der Waals surface area contributed by atoms with E-state index in [1.54, 1.807) is 18.5 Å². The van der Waals surface area contributed by atoms with Crippen LogP contribution < -0.4 is 0 Å². The molecule has 0 aliphatic heterocycles. The molecule has 2 aromatic heterocycles. The SMILES string of the molecule is OC(O)c1ccc2ccc3c(-c4cc(-c5cccnc5)cc(-c5cccnc5)c4)cc(C(O)O)c4ccc1c2c34. The van der Waals surface area contributed by atoms with Crippen LogP contribution in [0.5, 0.6) is 0 Å². The van der Waals surface area contributed by atoms with Crippen LogP contribution in [0.15, 0.2) is 110 Å². The lowest BCUT2D eigenvalue weighted by molar-refractivity contribution is -0.0419. The number of rotatable bonds is 5. The van der Waals surface area contributed by atoms with Crippen molar-refractivity contribution in [3.63, 3.8) is 0 Å². The smallest absolute Gasteiger partial charge is 0.179 e. The molecule has 4 N–H and O–H groups in total. The van der Waals surface area contributed by atoms with Crippen molar-refractivity contribution in [2.45, 2.75) is 12.6 Å². The van der Waals surface area contributed by atoms with E-state index in [0.717, 1.165) is 54.9 Å². The predicted molar refractivity (Wildman–Crippen MR) is 156 cm³/mol. The molecule has 6 nitrogen and oxygen atoms in total. The summed E-state index contributed by atoms with van der Waals surface area (Å²) in [6.45, 7) is 0. The van der Waals surface area contributed by atoms with Gasteiger partial charge in [0, 0.05) is 47.0 Å². The van der Waals surface area contributed by atoms with E-state index in [9.17, 15) is 20.4 Å². The predicted octanol–water partition coefficient (Wildman–Crippen LogP) is 6.34. The molecule has 6 heteroatoms. The first kappa shape index (κ1) is 24.3. The molecule has 2 heterocycles. The molecule has 0 spiro atoms. The topological polar surface area (TPSA) is 107 Å². The van der Waals surface area contributed by atoms with Crippen LogP contribution in [-0.2, 0) is 0 Å². The van der Waals surface area contributed by atoms with Gasteiger partial charge in [-0.15, -0.1) is 0 Å². The molecule has 0 atom stereocenters. The van der Waals surface area contributed by atoms with Gasteiger partial charge in [-0.25, -0.2) is 0 Å². The molecule has 0 aliphatic carbocycles. The van der Waals surface area contributed by atoms with Crippen LogP contribution in [0.4, 0.5) is 0 Å². The van der Waals surface area contributed by atoms with Gasteiger partial charge < -0.3 is 20.4 Å². The van der Waals surface area contributed by atoms with Crippen LogP contribution in [0.2, 0.25) is 0 Å². The van der Waals surface area contributed by atoms with Crippen molar-refractivity contribution in [1.82, 2.24) is 9.97 Å². The monoisotopic (exact) mass is 524 g/mol. The molecular formula is C34H24N2O4. The summed E-state index contributed by atoms with van der Waals surface area (Å²) in [5.41, 5.74) is 6.34. The molecule has 0 saturated carbocycles. The summed E-state index contributed by atoms with van der Waals surface area (Å²) in [5.74, 6) is 0. The van der Waals surface area contributed by atoms with Gasteiger partial charge in [0.15, 0.2) is 12.6 Å². The van der Waals surface area contributed by atoms with Gasteiger partial charge in [-0.2, -0.15) is 0 Å². The Labute approximate surface area is 229 Å². The molecule has 7 rings (SSSR count). The average molecular weight is 525 g/mol. The lowest BCUT2D eigenvalue weighted by Gasteiger charge is -2.20. The minimum atomic E-state index is -1.70. The third kappa shape index (κ3) is 3.90. The van der Waals surface area contributed by atoms with Gasteiger partial charge >= 0.3 is 0 Å². The Hall–Kier alpha value is -4.72. The van der Waals surface area contributed by atoms with Crippen molar-refractivity contribution < 1.29 is 20.4 Å². The summed E-state index contributed by atoms with van der Waals surface area (Å²) in [7, 11) is 0. The third-order valence-corrected chi connectivity index (χ3v) is 7.64. The molecule has 0 aliphatic rings. The van der Waals surface area contributed by atoms with Crippen LogP contribution in [0.25, 0.3) is 65.7 Å². The minimum Gasteiger partial charge on any atom is -0.364 e. The number of aliphatic hydroxyl groups excluding tert-OH is 2. The largest absolute Gasteiger partial charge is 0.364 e. The summed E-state index contributed by atoms with van der Waals surface area (Å²) < 4.78 is 0. The number of hydrogen-bond acceptors (Lipinski definition) is 6. The maximum atomic E-state index is 10.5. The number of aliphatic hydroxyl groups is 4. The highest BCUT2D eigenvalue weighted by atomic mass is 16.5. The summed E-state index contributed by atoms with van der Waals surface area (Å²) >= 11 is 0. The zero-order valence-electron chi connectivity index (χ0n) is 21.2. The average Bonchev–Trinajstić information content (AvgIpc) is 2.99. The molecule has 0 bridgehead atoms. The zero-order chi connectivity index (χ0) is 27.4. The van der Waals surface area contributed by atoms with Gasteiger partial charge in [-0.05, 0) is 91.0 Å². The molecule has 194 valence electrons. The normalized spacial score (nSPS) is 11.9. The maximum absolute atomic E-state index is 10.5. The highest BCUT2D eigenvalue weighted by molar-refractivity contribution is 6.26. The van der Waals surface area contributed by atoms with E-state index in [4.69, 9.17) is 0 Å². The molecule has 0 amide bonds. The second kappa shape index (κ2) is 9.48. The molecule has 40 heavy (non-hydrogen) atoms. The number of hydrogen-bond donors (Lipinski definition) is 4. The Balaban J connectivity index is 1.60. The van der Waals surface area contributed by atoms with Crippen LogP contribution in [0, 0.1) is 0 Å². The van der Waals surface area contributed by atoms with E-state index >= 15 is 0 Å². The molecule has 5 aromatic carbocycles. The van der Waals surface area contributed by atoms with Crippen molar-refractivity contribution in [3.8, 4) is 33.4 Å². The van der Waals surface area contributed by atoms with Gasteiger partial charge in [-0.1, -0.05) is 48.5 Å². The Morgan fingerprint density at radius 1 is 0.475 bits per heavy atom. The fourth-order valence-electron chi connectivity index (χ4n) is 5.81. The summed E-state index contributed by atoms with van der Waals surface area (Å²) in [4.78, 5) is 8.62. The Bertz CT molecular complexity index is 1950. The Morgan fingerprint density at radius 2 is 1.02 bits per heavy atom. The van der Waals surface area contributed by atoms with Crippen LogP contribution in [-0.4, -0.2) is 30.4 Å². The van der Waals surface area contributed by atoms with Gasteiger partial charge in [0.05, 0.1) is 0 Å². The van der Waals surface area contributed by atoms with E-state index in [1.807, 2.05) is 73.1 Å². The van der Waals surface area contributed by atoms with Gasteiger partial charge in [0.25, 0.3) is 0 Å².